The Hall–Kier alpha value is -1.33. The van der Waals surface area contributed by atoms with Crippen molar-refractivity contribution < 1.29 is 4.74 Å². The van der Waals surface area contributed by atoms with E-state index < -0.39 is 0 Å². The number of hydrogen-bond acceptors (Lipinski definition) is 2. The third-order valence-corrected chi connectivity index (χ3v) is 4.64. The first kappa shape index (κ1) is 10.8. The second kappa shape index (κ2) is 3.34. The maximum atomic E-state index is 9.44. The fraction of sp³-hybridized carbons (Fsp3) is 0.533. The zero-order chi connectivity index (χ0) is 12.1. The molecule has 1 saturated heterocycles. The maximum Gasteiger partial charge on any atom is 0.0716 e. The average molecular weight is 227 g/mol. The van der Waals surface area contributed by atoms with E-state index in [4.69, 9.17) is 4.74 Å². The largest absolute Gasteiger partial charge is 0.379 e. The van der Waals surface area contributed by atoms with Crippen molar-refractivity contribution in [1.29, 1.82) is 5.26 Å². The van der Waals surface area contributed by atoms with E-state index in [1.807, 2.05) is 0 Å². The molecule has 0 bridgehead atoms. The molecule has 1 aliphatic heterocycles. The van der Waals surface area contributed by atoms with E-state index in [1.165, 1.54) is 16.7 Å². The van der Waals surface area contributed by atoms with Crippen LogP contribution in [0.3, 0.4) is 0 Å². The van der Waals surface area contributed by atoms with Gasteiger partial charge in [-0.05, 0) is 43.4 Å². The molecule has 2 fully saturated rings. The Labute approximate surface area is 102 Å². The number of nitriles is 1. The lowest BCUT2D eigenvalue weighted by molar-refractivity contribution is -0.0867. The molecular weight excluding hydrogens is 210 g/mol. The van der Waals surface area contributed by atoms with Gasteiger partial charge in [-0.3, -0.25) is 0 Å². The van der Waals surface area contributed by atoms with Crippen LogP contribution in [0.4, 0.5) is 0 Å². The highest BCUT2D eigenvalue weighted by atomic mass is 16.5. The minimum absolute atomic E-state index is 0.0276. The van der Waals surface area contributed by atoms with Crippen LogP contribution in [-0.4, -0.2) is 13.2 Å². The van der Waals surface area contributed by atoms with Crippen LogP contribution in [0.5, 0.6) is 0 Å². The summed E-state index contributed by atoms with van der Waals surface area (Å²) in [4.78, 5) is 0. The van der Waals surface area contributed by atoms with Gasteiger partial charge in [-0.15, -0.1) is 0 Å². The van der Waals surface area contributed by atoms with Crippen molar-refractivity contribution in [2.75, 3.05) is 13.2 Å². The summed E-state index contributed by atoms with van der Waals surface area (Å²) in [6.07, 6.45) is 2.06. The van der Waals surface area contributed by atoms with Crippen LogP contribution in [0.25, 0.3) is 0 Å². The Morgan fingerprint density at radius 3 is 2.29 bits per heavy atom. The normalized spacial score (nSPS) is 23.6. The lowest BCUT2D eigenvalue weighted by atomic mass is 9.66. The Morgan fingerprint density at radius 2 is 1.88 bits per heavy atom. The van der Waals surface area contributed by atoms with Gasteiger partial charge in [0, 0.05) is 0 Å². The first-order valence-corrected chi connectivity index (χ1v) is 6.20. The summed E-state index contributed by atoms with van der Waals surface area (Å²) in [6, 6.07) is 9.14. The molecule has 2 aliphatic rings. The van der Waals surface area contributed by atoms with E-state index in [0.717, 1.165) is 12.8 Å². The molecule has 0 atom stereocenters. The van der Waals surface area contributed by atoms with Gasteiger partial charge in [0.25, 0.3) is 0 Å². The Kier molecular flexibility index (Phi) is 2.12. The fourth-order valence-corrected chi connectivity index (χ4v) is 2.89. The highest BCUT2D eigenvalue weighted by Gasteiger charge is 2.64. The van der Waals surface area contributed by atoms with Crippen molar-refractivity contribution in [3.8, 4) is 6.07 Å². The summed E-state index contributed by atoms with van der Waals surface area (Å²) in [6.45, 7) is 5.68. The molecule has 17 heavy (non-hydrogen) atoms. The molecule has 0 N–H and O–H groups in total. The van der Waals surface area contributed by atoms with Gasteiger partial charge >= 0.3 is 0 Å². The molecule has 1 aromatic rings. The molecular formula is C15H17NO. The van der Waals surface area contributed by atoms with Gasteiger partial charge in [-0.2, -0.15) is 5.26 Å². The van der Waals surface area contributed by atoms with E-state index in [2.05, 4.69) is 38.1 Å². The number of nitrogens with zero attached hydrogens (tertiary/aromatic N) is 1. The zero-order valence-electron chi connectivity index (χ0n) is 10.4. The van der Waals surface area contributed by atoms with Gasteiger partial charge in [0.1, 0.15) is 0 Å². The Bertz CT molecular complexity index is 504. The average Bonchev–Trinajstić information content (AvgIpc) is 3.03. The SMILES string of the molecule is Cc1ccc(C2(C3(C#N)CC3)COC2)cc1C. The van der Waals surface area contributed by atoms with Crippen LogP contribution in [-0.2, 0) is 10.2 Å². The van der Waals surface area contributed by atoms with Crippen molar-refractivity contribution in [3.63, 3.8) is 0 Å². The van der Waals surface area contributed by atoms with E-state index in [0.29, 0.717) is 13.2 Å². The van der Waals surface area contributed by atoms with Crippen LogP contribution in [0.2, 0.25) is 0 Å². The molecule has 2 heteroatoms. The predicted octanol–water partition coefficient (Wildman–Crippen LogP) is 2.88. The lowest BCUT2D eigenvalue weighted by Gasteiger charge is -2.46. The fourth-order valence-electron chi connectivity index (χ4n) is 2.89. The predicted molar refractivity (Wildman–Crippen MR) is 65.7 cm³/mol. The van der Waals surface area contributed by atoms with Gasteiger partial charge in [0.2, 0.25) is 0 Å². The Balaban J connectivity index is 2.07. The second-order valence-corrected chi connectivity index (χ2v) is 5.57. The summed E-state index contributed by atoms with van der Waals surface area (Å²) < 4.78 is 5.44. The zero-order valence-corrected chi connectivity index (χ0v) is 10.4. The van der Waals surface area contributed by atoms with Crippen LogP contribution in [0.15, 0.2) is 18.2 Å². The molecule has 0 unspecified atom stereocenters. The number of benzene rings is 1. The summed E-state index contributed by atoms with van der Waals surface area (Å²) >= 11 is 0. The van der Waals surface area contributed by atoms with Crippen molar-refractivity contribution in [2.45, 2.75) is 32.1 Å². The molecule has 0 aromatic heterocycles. The summed E-state index contributed by atoms with van der Waals surface area (Å²) in [5.41, 5.74) is 3.74. The van der Waals surface area contributed by atoms with Crippen molar-refractivity contribution in [1.82, 2.24) is 0 Å². The highest BCUT2D eigenvalue weighted by Crippen LogP contribution is 2.62. The third kappa shape index (κ3) is 1.29. The monoisotopic (exact) mass is 227 g/mol. The molecule has 0 amide bonds. The molecule has 2 nitrogen and oxygen atoms in total. The smallest absolute Gasteiger partial charge is 0.0716 e. The molecule has 1 saturated carbocycles. The van der Waals surface area contributed by atoms with Crippen molar-refractivity contribution in [3.05, 3.63) is 34.9 Å². The van der Waals surface area contributed by atoms with E-state index in [1.54, 1.807) is 0 Å². The number of rotatable bonds is 2. The number of hydrogen-bond donors (Lipinski definition) is 0. The first-order chi connectivity index (χ1) is 8.13. The third-order valence-electron chi connectivity index (χ3n) is 4.64. The molecule has 0 radical (unpaired) electrons. The quantitative estimate of drug-likeness (QED) is 0.778. The molecule has 88 valence electrons. The van der Waals surface area contributed by atoms with E-state index in [-0.39, 0.29) is 10.8 Å². The van der Waals surface area contributed by atoms with Gasteiger partial charge in [0.15, 0.2) is 0 Å². The minimum atomic E-state index is -0.146. The van der Waals surface area contributed by atoms with Crippen LogP contribution in [0.1, 0.15) is 29.5 Å². The van der Waals surface area contributed by atoms with Crippen LogP contribution < -0.4 is 0 Å². The van der Waals surface area contributed by atoms with Gasteiger partial charge < -0.3 is 4.74 Å². The summed E-state index contributed by atoms with van der Waals surface area (Å²) in [5.74, 6) is 0. The molecule has 3 rings (SSSR count). The van der Waals surface area contributed by atoms with Gasteiger partial charge in [-0.1, -0.05) is 18.2 Å². The van der Waals surface area contributed by atoms with Crippen molar-refractivity contribution in [2.24, 2.45) is 5.41 Å². The Morgan fingerprint density at radius 1 is 1.18 bits per heavy atom. The van der Waals surface area contributed by atoms with E-state index in [9.17, 15) is 5.26 Å². The maximum absolute atomic E-state index is 9.44. The molecule has 1 heterocycles. The summed E-state index contributed by atoms with van der Waals surface area (Å²) in [5, 5.41) is 9.44. The van der Waals surface area contributed by atoms with Crippen molar-refractivity contribution >= 4 is 0 Å². The number of ether oxygens (including phenoxy) is 1. The molecule has 1 aliphatic carbocycles. The summed E-state index contributed by atoms with van der Waals surface area (Å²) in [7, 11) is 0. The highest BCUT2D eigenvalue weighted by molar-refractivity contribution is 5.42. The standard InChI is InChI=1S/C15H17NO/c1-11-3-4-13(7-12(11)2)15(9-17-10-15)14(8-16)5-6-14/h3-4,7H,5-6,9-10H2,1-2H3. The number of aryl methyl sites for hydroxylation is 2. The second-order valence-electron chi connectivity index (χ2n) is 5.57. The van der Waals surface area contributed by atoms with E-state index >= 15 is 0 Å². The van der Waals surface area contributed by atoms with Crippen LogP contribution >= 0.6 is 0 Å². The minimum Gasteiger partial charge on any atom is -0.379 e. The lowest BCUT2D eigenvalue weighted by Crippen LogP contribution is -2.53. The van der Waals surface area contributed by atoms with Gasteiger partial charge in [0.05, 0.1) is 30.1 Å². The molecule has 1 aromatic carbocycles. The molecule has 0 spiro atoms. The van der Waals surface area contributed by atoms with Gasteiger partial charge in [-0.25, -0.2) is 0 Å². The topological polar surface area (TPSA) is 33.0 Å². The first-order valence-electron chi connectivity index (χ1n) is 6.20. The van der Waals surface area contributed by atoms with Crippen LogP contribution in [0, 0.1) is 30.6 Å².